The van der Waals surface area contributed by atoms with Crippen LogP contribution in [0.4, 0.5) is 0 Å². The van der Waals surface area contributed by atoms with Crippen LogP contribution in [0.25, 0.3) is 10.8 Å². The van der Waals surface area contributed by atoms with Gasteiger partial charge in [0.25, 0.3) is 0 Å². The quantitative estimate of drug-likeness (QED) is 0.282. The van der Waals surface area contributed by atoms with Crippen molar-refractivity contribution in [2.75, 3.05) is 0 Å². The third-order valence-corrected chi connectivity index (χ3v) is 9.65. The predicted molar refractivity (Wildman–Crippen MR) is 147 cm³/mol. The van der Waals surface area contributed by atoms with Gasteiger partial charge in [0.2, 0.25) is 11.8 Å². The number of fused-ring (bicyclic) bond motifs is 4. The number of hydrogen-bond acceptors (Lipinski definition) is 6. The molecule has 1 saturated heterocycles. The summed E-state index contributed by atoms with van der Waals surface area (Å²) in [6, 6.07) is 15.0. The summed E-state index contributed by atoms with van der Waals surface area (Å²) in [4.78, 5) is 56.5. The molecule has 3 aliphatic carbocycles. The smallest absolute Gasteiger partial charge is 0.234 e. The van der Waals surface area contributed by atoms with Crippen LogP contribution in [-0.2, 0) is 25.7 Å². The summed E-state index contributed by atoms with van der Waals surface area (Å²) in [6.45, 7) is 1.88. The number of Topliss-reactive ketones (excluding diaryl/α,β-unsaturated/α-hetero) is 1. The first kappa shape index (κ1) is 24.0. The number of ketones is 2. The Labute approximate surface area is 228 Å². The highest BCUT2D eigenvalue weighted by Gasteiger charge is 2.56. The summed E-state index contributed by atoms with van der Waals surface area (Å²) in [7, 11) is 0. The van der Waals surface area contributed by atoms with E-state index in [0.717, 1.165) is 15.8 Å². The molecule has 1 fully saturated rings. The number of phenols is 1. The zero-order valence-corrected chi connectivity index (χ0v) is 22.0. The number of rotatable bonds is 3. The Balaban J connectivity index is 1.38. The lowest BCUT2D eigenvalue weighted by Crippen LogP contribution is -2.39. The molecule has 2 aromatic carbocycles. The SMILES string of the molecule is CC1=CC(=O)C2=C(C[C@@H]3C(=CC[C@@H]4C(=O)N(Cc5cccs5)C(=O)[C@@H]43)[C@@H]2c2ccc3ccccc3c2O)C1=O. The van der Waals surface area contributed by atoms with E-state index in [9.17, 15) is 24.3 Å². The van der Waals surface area contributed by atoms with Crippen molar-refractivity contribution >= 4 is 45.5 Å². The molecule has 0 radical (unpaired) electrons. The number of amides is 2. The molecule has 0 saturated carbocycles. The van der Waals surface area contributed by atoms with Crippen molar-refractivity contribution in [2.45, 2.75) is 32.2 Å². The third kappa shape index (κ3) is 3.46. The van der Waals surface area contributed by atoms with E-state index in [-0.39, 0.29) is 42.1 Å². The monoisotopic (exact) mass is 535 g/mol. The largest absolute Gasteiger partial charge is 0.507 e. The van der Waals surface area contributed by atoms with Crippen molar-refractivity contribution in [3.05, 3.63) is 98.8 Å². The highest BCUT2D eigenvalue weighted by molar-refractivity contribution is 7.09. The van der Waals surface area contributed by atoms with E-state index in [1.165, 1.54) is 22.3 Å². The normalized spacial score (nSPS) is 26.4. The summed E-state index contributed by atoms with van der Waals surface area (Å²) in [6.07, 6.45) is 3.98. The van der Waals surface area contributed by atoms with Gasteiger partial charge in [-0.25, -0.2) is 0 Å². The molecule has 1 aliphatic heterocycles. The first-order valence-corrected chi connectivity index (χ1v) is 14.0. The second-order valence-electron chi connectivity index (χ2n) is 10.8. The fourth-order valence-electron chi connectivity index (χ4n) is 7.02. The Kier molecular flexibility index (Phi) is 5.36. The van der Waals surface area contributed by atoms with Crippen LogP contribution in [0.1, 0.15) is 36.1 Å². The minimum absolute atomic E-state index is 0.0632. The maximum atomic E-state index is 13.8. The maximum Gasteiger partial charge on any atom is 0.234 e. The minimum Gasteiger partial charge on any atom is -0.507 e. The molecule has 1 aromatic heterocycles. The summed E-state index contributed by atoms with van der Waals surface area (Å²) in [5, 5.41) is 14.9. The van der Waals surface area contributed by atoms with Crippen LogP contribution in [0.5, 0.6) is 5.75 Å². The number of carbonyl (C=O) groups excluding carboxylic acids is 4. The van der Waals surface area contributed by atoms with E-state index in [1.54, 1.807) is 6.92 Å². The fraction of sp³-hybridized carbons (Fsp3) is 0.250. The molecular weight excluding hydrogens is 510 g/mol. The van der Waals surface area contributed by atoms with Crippen molar-refractivity contribution < 1.29 is 24.3 Å². The number of carbonyl (C=O) groups is 4. The first-order chi connectivity index (χ1) is 18.8. The number of phenolic OH excluding ortho intramolecular Hbond substituents is 1. The third-order valence-electron chi connectivity index (χ3n) is 8.79. The molecule has 39 heavy (non-hydrogen) atoms. The zero-order valence-electron chi connectivity index (χ0n) is 21.2. The Hall–Kier alpha value is -4.10. The molecule has 0 spiro atoms. The molecule has 0 unspecified atom stereocenters. The minimum atomic E-state index is -0.667. The highest BCUT2D eigenvalue weighted by atomic mass is 32.1. The number of imide groups is 1. The fourth-order valence-corrected chi connectivity index (χ4v) is 7.71. The molecule has 6 nitrogen and oxygen atoms in total. The lowest BCUT2D eigenvalue weighted by Gasteiger charge is -2.42. The molecule has 4 atom stereocenters. The summed E-state index contributed by atoms with van der Waals surface area (Å²) < 4.78 is 0. The molecule has 2 amide bonds. The van der Waals surface area contributed by atoms with E-state index in [0.29, 0.717) is 34.1 Å². The van der Waals surface area contributed by atoms with E-state index < -0.39 is 23.7 Å². The molecule has 0 bridgehead atoms. The molecular formula is C32H25NO5S. The van der Waals surface area contributed by atoms with Crippen LogP contribution in [0.15, 0.2) is 88.4 Å². The van der Waals surface area contributed by atoms with Crippen molar-refractivity contribution in [1.29, 1.82) is 0 Å². The standard InChI is InChI=1S/C32H25NO5S/c1-16-13-25(34)28-24(29(16)35)14-23-20(26(28)21-9-8-17-5-2-3-7-19(17)30(21)36)10-11-22-27(23)32(38)33(31(22)37)15-18-6-4-12-39-18/h2-10,12-13,22-23,26-27,36H,11,14-15H2,1H3/t22-,23+,26+,27-/m0/s1. The molecule has 7 heteroatoms. The summed E-state index contributed by atoms with van der Waals surface area (Å²) in [5.41, 5.74) is 2.53. The molecule has 7 rings (SSSR count). The lowest BCUT2D eigenvalue weighted by molar-refractivity contribution is -0.140. The Morgan fingerprint density at radius 1 is 0.974 bits per heavy atom. The van der Waals surface area contributed by atoms with Crippen LogP contribution >= 0.6 is 11.3 Å². The zero-order chi connectivity index (χ0) is 27.0. The van der Waals surface area contributed by atoms with E-state index in [4.69, 9.17) is 0 Å². The number of allylic oxidation sites excluding steroid dienone is 6. The number of hydrogen-bond donors (Lipinski definition) is 1. The van der Waals surface area contributed by atoms with Gasteiger partial charge in [0.15, 0.2) is 11.6 Å². The average molecular weight is 536 g/mol. The van der Waals surface area contributed by atoms with E-state index in [1.807, 2.05) is 60.0 Å². The van der Waals surface area contributed by atoms with Gasteiger partial charge >= 0.3 is 0 Å². The Morgan fingerprint density at radius 3 is 2.59 bits per heavy atom. The van der Waals surface area contributed by atoms with Crippen molar-refractivity contribution in [1.82, 2.24) is 4.90 Å². The van der Waals surface area contributed by atoms with Gasteiger partial charge in [-0.1, -0.05) is 54.1 Å². The van der Waals surface area contributed by atoms with Crippen LogP contribution in [0, 0.1) is 17.8 Å². The number of nitrogens with zero attached hydrogens (tertiary/aromatic N) is 1. The van der Waals surface area contributed by atoms with Gasteiger partial charge in [-0.15, -0.1) is 11.3 Å². The topological polar surface area (TPSA) is 91.8 Å². The lowest BCUT2D eigenvalue weighted by atomic mass is 9.59. The van der Waals surface area contributed by atoms with Crippen LogP contribution in [0.3, 0.4) is 0 Å². The van der Waals surface area contributed by atoms with Gasteiger partial charge in [-0.2, -0.15) is 0 Å². The van der Waals surface area contributed by atoms with Crippen LogP contribution < -0.4 is 0 Å². The summed E-state index contributed by atoms with van der Waals surface area (Å²) in [5.74, 6) is -2.96. The number of aromatic hydroxyl groups is 1. The van der Waals surface area contributed by atoms with Crippen LogP contribution in [0.2, 0.25) is 0 Å². The van der Waals surface area contributed by atoms with Gasteiger partial charge in [0, 0.05) is 38.5 Å². The van der Waals surface area contributed by atoms with Gasteiger partial charge < -0.3 is 5.11 Å². The molecule has 194 valence electrons. The Morgan fingerprint density at radius 2 is 1.79 bits per heavy atom. The first-order valence-electron chi connectivity index (χ1n) is 13.1. The second kappa shape index (κ2) is 8.71. The predicted octanol–water partition coefficient (Wildman–Crippen LogP) is 5.24. The number of benzene rings is 2. The summed E-state index contributed by atoms with van der Waals surface area (Å²) >= 11 is 1.50. The van der Waals surface area contributed by atoms with E-state index >= 15 is 0 Å². The van der Waals surface area contributed by atoms with Crippen LogP contribution in [-0.4, -0.2) is 33.4 Å². The van der Waals surface area contributed by atoms with Crippen molar-refractivity contribution in [3.8, 4) is 5.75 Å². The average Bonchev–Trinajstić information content (AvgIpc) is 3.54. The Bertz CT molecular complexity index is 1710. The molecule has 1 N–H and O–H groups in total. The molecule has 3 aromatic rings. The highest BCUT2D eigenvalue weighted by Crippen LogP contribution is 2.56. The van der Waals surface area contributed by atoms with Crippen molar-refractivity contribution in [2.24, 2.45) is 17.8 Å². The van der Waals surface area contributed by atoms with Gasteiger partial charge in [-0.05, 0) is 48.6 Å². The molecule has 2 heterocycles. The maximum absolute atomic E-state index is 13.8. The van der Waals surface area contributed by atoms with Gasteiger partial charge in [-0.3, -0.25) is 24.1 Å². The van der Waals surface area contributed by atoms with Gasteiger partial charge in [0.05, 0.1) is 18.4 Å². The number of likely N-dealkylation sites (tertiary alicyclic amines) is 1. The van der Waals surface area contributed by atoms with Gasteiger partial charge in [0.1, 0.15) is 5.75 Å². The van der Waals surface area contributed by atoms with E-state index in [2.05, 4.69) is 0 Å². The second-order valence-corrected chi connectivity index (χ2v) is 11.8. The number of thiophene rings is 1. The molecule has 4 aliphatic rings. The van der Waals surface area contributed by atoms with Crippen molar-refractivity contribution in [3.63, 3.8) is 0 Å².